The minimum atomic E-state index is -0.661. The number of anilines is 1. The Balaban J connectivity index is 1.20. The molecule has 3 aromatic carbocycles. The topological polar surface area (TPSA) is 77.1 Å². The SMILES string of the molecule is COc1cc(NC(=O)OCc2ccccc2)c(Cl)cc1C(=O)OC1C[C@H]2CC[C@@H](C1)N2Cc1ccccc1. The molecule has 2 aliphatic rings. The Hall–Kier alpha value is -3.55. The first-order chi connectivity index (χ1) is 18.5. The van der Waals surface area contributed by atoms with Gasteiger partial charge in [-0.25, -0.2) is 9.59 Å². The van der Waals surface area contributed by atoms with Gasteiger partial charge in [-0.15, -0.1) is 0 Å². The van der Waals surface area contributed by atoms with E-state index in [4.69, 9.17) is 25.8 Å². The van der Waals surface area contributed by atoms with Crippen molar-refractivity contribution in [2.24, 2.45) is 0 Å². The highest BCUT2D eigenvalue weighted by Gasteiger charge is 2.42. The van der Waals surface area contributed by atoms with Crippen molar-refractivity contribution in [1.82, 2.24) is 4.90 Å². The zero-order valence-corrected chi connectivity index (χ0v) is 22.0. The van der Waals surface area contributed by atoms with E-state index in [0.29, 0.717) is 12.1 Å². The van der Waals surface area contributed by atoms with Crippen molar-refractivity contribution < 1.29 is 23.8 Å². The van der Waals surface area contributed by atoms with E-state index in [2.05, 4.69) is 34.5 Å². The monoisotopic (exact) mass is 534 g/mol. The van der Waals surface area contributed by atoms with Gasteiger partial charge in [0.25, 0.3) is 0 Å². The first-order valence-electron chi connectivity index (χ1n) is 12.9. The molecule has 3 aromatic rings. The number of amides is 1. The average Bonchev–Trinajstić information content (AvgIpc) is 3.16. The predicted octanol–water partition coefficient (Wildman–Crippen LogP) is 6.45. The summed E-state index contributed by atoms with van der Waals surface area (Å²) in [6, 6.07) is 23.6. The molecule has 1 amide bonds. The Morgan fingerprint density at radius 3 is 2.21 bits per heavy atom. The number of rotatable bonds is 8. The number of piperidine rings is 1. The molecule has 0 aliphatic carbocycles. The number of carbonyl (C=O) groups excluding carboxylic acids is 2. The number of ether oxygens (including phenoxy) is 3. The molecule has 2 aliphatic heterocycles. The summed E-state index contributed by atoms with van der Waals surface area (Å²) in [5.41, 5.74) is 2.67. The number of fused-ring (bicyclic) bond motifs is 2. The van der Waals surface area contributed by atoms with Gasteiger partial charge < -0.3 is 14.2 Å². The van der Waals surface area contributed by atoms with Crippen LogP contribution in [-0.2, 0) is 22.6 Å². The van der Waals surface area contributed by atoms with Crippen LogP contribution in [0.4, 0.5) is 10.5 Å². The summed E-state index contributed by atoms with van der Waals surface area (Å²) in [5.74, 6) is -0.217. The molecule has 0 spiro atoms. The molecule has 0 aromatic heterocycles. The Morgan fingerprint density at radius 2 is 1.58 bits per heavy atom. The number of carbonyl (C=O) groups is 2. The van der Waals surface area contributed by atoms with Crippen molar-refractivity contribution in [3.8, 4) is 5.75 Å². The Morgan fingerprint density at radius 1 is 0.947 bits per heavy atom. The van der Waals surface area contributed by atoms with Crippen LogP contribution in [0.15, 0.2) is 72.8 Å². The maximum Gasteiger partial charge on any atom is 0.412 e. The fourth-order valence-corrected chi connectivity index (χ4v) is 5.65. The number of benzene rings is 3. The van der Waals surface area contributed by atoms with E-state index >= 15 is 0 Å². The summed E-state index contributed by atoms with van der Waals surface area (Å²) in [6.45, 7) is 1.04. The third-order valence-corrected chi connectivity index (χ3v) is 7.59. The van der Waals surface area contributed by atoms with Gasteiger partial charge in [-0.2, -0.15) is 0 Å². The second-order valence-corrected chi connectivity index (χ2v) is 10.2. The first kappa shape index (κ1) is 26.1. The molecule has 0 saturated carbocycles. The number of esters is 1. The van der Waals surface area contributed by atoms with Gasteiger partial charge in [-0.05, 0) is 30.0 Å². The summed E-state index contributed by atoms with van der Waals surface area (Å²) < 4.78 is 16.7. The number of hydrogen-bond acceptors (Lipinski definition) is 6. The quantitative estimate of drug-likeness (QED) is 0.335. The molecule has 38 heavy (non-hydrogen) atoms. The van der Waals surface area contributed by atoms with Crippen LogP contribution in [0.2, 0.25) is 5.02 Å². The molecular weight excluding hydrogens is 504 g/mol. The van der Waals surface area contributed by atoms with E-state index in [9.17, 15) is 9.59 Å². The van der Waals surface area contributed by atoms with Gasteiger partial charge in [0.05, 0.1) is 17.8 Å². The molecule has 8 heteroatoms. The third-order valence-electron chi connectivity index (χ3n) is 7.28. The Kier molecular flexibility index (Phi) is 8.15. The lowest BCUT2D eigenvalue weighted by Crippen LogP contribution is -2.45. The molecule has 5 rings (SSSR count). The number of hydrogen-bond donors (Lipinski definition) is 1. The standard InChI is InChI=1S/C30H31ClN2O5/c1-36-28-17-27(32-30(35)37-19-21-10-6-3-7-11-21)26(31)16-25(28)29(34)38-24-14-22-12-13-23(15-24)33(22)18-20-8-4-2-5-9-20/h2-11,16-17,22-24H,12-15,18-19H2,1H3,(H,32,35)/t22-,23+,24?. The smallest absolute Gasteiger partial charge is 0.412 e. The summed E-state index contributed by atoms with van der Waals surface area (Å²) in [4.78, 5) is 28.0. The van der Waals surface area contributed by atoms with Crippen LogP contribution in [0.25, 0.3) is 0 Å². The van der Waals surface area contributed by atoms with Gasteiger partial charge in [0.1, 0.15) is 24.0 Å². The molecule has 2 heterocycles. The Bertz CT molecular complexity index is 1260. The fraction of sp³-hybridized carbons (Fsp3) is 0.333. The van der Waals surface area contributed by atoms with Crippen LogP contribution < -0.4 is 10.1 Å². The zero-order valence-electron chi connectivity index (χ0n) is 21.3. The maximum atomic E-state index is 13.2. The molecule has 2 fully saturated rings. The Labute approximate surface area is 227 Å². The predicted molar refractivity (Wildman–Crippen MR) is 145 cm³/mol. The zero-order chi connectivity index (χ0) is 26.5. The molecule has 2 bridgehead atoms. The van der Waals surface area contributed by atoms with E-state index in [1.54, 1.807) is 0 Å². The molecule has 198 valence electrons. The van der Waals surface area contributed by atoms with Crippen molar-refractivity contribution >= 4 is 29.4 Å². The van der Waals surface area contributed by atoms with Crippen LogP contribution in [0, 0.1) is 0 Å². The van der Waals surface area contributed by atoms with Crippen molar-refractivity contribution in [3.05, 3.63) is 94.5 Å². The fourth-order valence-electron chi connectivity index (χ4n) is 5.43. The van der Waals surface area contributed by atoms with Crippen LogP contribution in [0.1, 0.15) is 47.2 Å². The van der Waals surface area contributed by atoms with Gasteiger partial charge >= 0.3 is 12.1 Å². The van der Waals surface area contributed by atoms with E-state index in [0.717, 1.165) is 37.8 Å². The van der Waals surface area contributed by atoms with Gasteiger partial charge in [0.2, 0.25) is 0 Å². The highest BCUT2D eigenvalue weighted by Crippen LogP contribution is 2.39. The lowest BCUT2D eigenvalue weighted by Gasteiger charge is -2.38. The minimum Gasteiger partial charge on any atom is -0.496 e. The summed E-state index contributed by atoms with van der Waals surface area (Å²) >= 11 is 6.42. The van der Waals surface area contributed by atoms with Crippen LogP contribution in [0.3, 0.4) is 0 Å². The lowest BCUT2D eigenvalue weighted by molar-refractivity contribution is -0.00825. The summed E-state index contributed by atoms with van der Waals surface area (Å²) in [5, 5.41) is 2.80. The normalized spacial score (nSPS) is 20.5. The lowest BCUT2D eigenvalue weighted by atomic mass is 9.98. The van der Waals surface area contributed by atoms with E-state index < -0.39 is 12.1 Å². The van der Waals surface area contributed by atoms with Crippen LogP contribution >= 0.6 is 11.6 Å². The molecular formula is C30H31ClN2O5. The van der Waals surface area contributed by atoms with E-state index in [1.807, 2.05) is 36.4 Å². The molecule has 7 nitrogen and oxygen atoms in total. The number of methoxy groups -OCH3 is 1. The number of nitrogens with zero attached hydrogens (tertiary/aromatic N) is 1. The molecule has 3 atom stereocenters. The highest BCUT2D eigenvalue weighted by molar-refractivity contribution is 6.34. The van der Waals surface area contributed by atoms with Crippen molar-refractivity contribution in [2.75, 3.05) is 12.4 Å². The van der Waals surface area contributed by atoms with Crippen molar-refractivity contribution in [1.29, 1.82) is 0 Å². The molecule has 1 N–H and O–H groups in total. The second-order valence-electron chi connectivity index (χ2n) is 9.76. The third kappa shape index (κ3) is 6.11. The highest BCUT2D eigenvalue weighted by atomic mass is 35.5. The number of nitrogens with one attached hydrogen (secondary N) is 1. The largest absolute Gasteiger partial charge is 0.496 e. The minimum absolute atomic E-state index is 0.123. The van der Waals surface area contributed by atoms with E-state index in [-0.39, 0.29) is 34.7 Å². The average molecular weight is 535 g/mol. The second kappa shape index (κ2) is 11.9. The van der Waals surface area contributed by atoms with Gasteiger partial charge in [-0.3, -0.25) is 10.2 Å². The first-order valence-corrected chi connectivity index (χ1v) is 13.2. The van der Waals surface area contributed by atoms with Crippen molar-refractivity contribution in [2.45, 2.75) is 57.0 Å². The molecule has 1 unspecified atom stereocenters. The van der Waals surface area contributed by atoms with E-state index in [1.165, 1.54) is 24.8 Å². The van der Waals surface area contributed by atoms with Gasteiger partial charge in [0, 0.05) is 37.5 Å². The summed E-state index contributed by atoms with van der Waals surface area (Å²) in [7, 11) is 1.46. The van der Waals surface area contributed by atoms with Crippen LogP contribution in [-0.4, -0.2) is 42.3 Å². The molecule has 0 radical (unpaired) electrons. The van der Waals surface area contributed by atoms with Crippen LogP contribution in [0.5, 0.6) is 5.75 Å². The summed E-state index contributed by atoms with van der Waals surface area (Å²) in [6.07, 6.45) is 3.01. The van der Waals surface area contributed by atoms with Gasteiger partial charge in [-0.1, -0.05) is 72.3 Å². The van der Waals surface area contributed by atoms with Crippen molar-refractivity contribution in [3.63, 3.8) is 0 Å². The van der Waals surface area contributed by atoms with Gasteiger partial charge in [0.15, 0.2) is 0 Å². The number of halogens is 1. The maximum absolute atomic E-state index is 13.2. The molecule has 2 saturated heterocycles.